The van der Waals surface area contributed by atoms with E-state index in [0.717, 1.165) is 16.8 Å². The number of morpholine rings is 1. The van der Waals surface area contributed by atoms with Gasteiger partial charge in [-0.05, 0) is 30.2 Å². The quantitative estimate of drug-likeness (QED) is 0.377. The Morgan fingerprint density at radius 3 is 2.50 bits per heavy atom. The summed E-state index contributed by atoms with van der Waals surface area (Å²) in [6.07, 6.45) is 2.82. The zero-order valence-corrected chi connectivity index (χ0v) is 18.4. The van der Waals surface area contributed by atoms with Gasteiger partial charge < -0.3 is 21.1 Å². The van der Waals surface area contributed by atoms with Crippen molar-refractivity contribution in [2.24, 2.45) is 15.8 Å². The number of para-hydroxylation sites is 1. The summed E-state index contributed by atoms with van der Waals surface area (Å²) in [5.74, 6) is 0.161. The molecule has 3 rings (SSSR count). The topological polar surface area (TPSA) is 110 Å². The van der Waals surface area contributed by atoms with Crippen LogP contribution in [0.2, 0.25) is 0 Å². The van der Waals surface area contributed by atoms with E-state index in [1.807, 2.05) is 47.4 Å². The fourth-order valence-electron chi connectivity index (χ4n) is 3.55. The molecular formula is C24H30N6O2. The Morgan fingerprint density at radius 1 is 1.19 bits per heavy atom. The molecule has 4 N–H and O–H groups in total. The molecule has 0 bridgehead atoms. The highest BCUT2D eigenvalue weighted by Crippen LogP contribution is 2.20. The number of allylic oxidation sites excluding steroid dienone is 1. The maximum absolute atomic E-state index is 12.3. The monoisotopic (exact) mass is 434 g/mol. The molecule has 1 amide bonds. The molecule has 1 aliphatic heterocycles. The van der Waals surface area contributed by atoms with Crippen molar-refractivity contribution in [2.45, 2.75) is 12.8 Å². The van der Waals surface area contributed by atoms with Crippen molar-refractivity contribution in [3.63, 3.8) is 0 Å². The number of benzene rings is 2. The lowest BCUT2D eigenvalue weighted by Gasteiger charge is -2.26. The molecule has 1 saturated heterocycles. The Morgan fingerprint density at radius 2 is 1.88 bits per heavy atom. The molecule has 0 saturated carbocycles. The van der Waals surface area contributed by atoms with E-state index in [1.165, 1.54) is 0 Å². The second kappa shape index (κ2) is 11.1. The molecule has 8 nitrogen and oxygen atoms in total. The SMILES string of the molecule is C=NN(/C=C(N)/C(=N/C)c1ccccc1N)c1ccc(CCC(=O)N2CCOCC2)cc1. The number of aryl methyl sites for hydroxylation is 1. The molecule has 2 aromatic carbocycles. The minimum atomic E-state index is 0.161. The first-order chi connectivity index (χ1) is 15.5. The maximum Gasteiger partial charge on any atom is 0.223 e. The fourth-order valence-corrected chi connectivity index (χ4v) is 3.55. The summed E-state index contributed by atoms with van der Waals surface area (Å²) in [4.78, 5) is 18.5. The largest absolute Gasteiger partial charge is 0.398 e. The van der Waals surface area contributed by atoms with Crippen molar-refractivity contribution in [1.29, 1.82) is 0 Å². The van der Waals surface area contributed by atoms with Crippen molar-refractivity contribution in [1.82, 2.24) is 4.90 Å². The van der Waals surface area contributed by atoms with Gasteiger partial charge in [0.15, 0.2) is 0 Å². The third-order valence-electron chi connectivity index (χ3n) is 5.32. The van der Waals surface area contributed by atoms with Crippen LogP contribution < -0.4 is 16.5 Å². The summed E-state index contributed by atoms with van der Waals surface area (Å²) in [7, 11) is 1.67. The molecule has 0 atom stereocenters. The van der Waals surface area contributed by atoms with Crippen LogP contribution in [-0.2, 0) is 16.0 Å². The molecule has 1 fully saturated rings. The van der Waals surface area contributed by atoms with Gasteiger partial charge in [-0.25, -0.2) is 5.01 Å². The van der Waals surface area contributed by atoms with Gasteiger partial charge in [0.05, 0.1) is 36.5 Å². The summed E-state index contributed by atoms with van der Waals surface area (Å²) in [5.41, 5.74) is 16.6. The maximum atomic E-state index is 12.3. The van der Waals surface area contributed by atoms with E-state index >= 15 is 0 Å². The molecule has 0 aromatic heterocycles. The van der Waals surface area contributed by atoms with Crippen LogP contribution in [-0.4, -0.2) is 56.6 Å². The first kappa shape index (κ1) is 23.0. The number of rotatable bonds is 8. The summed E-state index contributed by atoms with van der Waals surface area (Å²) < 4.78 is 5.30. The summed E-state index contributed by atoms with van der Waals surface area (Å²) in [6, 6.07) is 15.2. The van der Waals surface area contributed by atoms with Gasteiger partial charge in [0.1, 0.15) is 0 Å². The van der Waals surface area contributed by atoms with Crippen LogP contribution in [0.4, 0.5) is 11.4 Å². The molecule has 8 heteroatoms. The Labute approximate surface area is 188 Å². The molecule has 0 spiro atoms. The zero-order valence-electron chi connectivity index (χ0n) is 18.4. The van der Waals surface area contributed by atoms with Gasteiger partial charge in [0.25, 0.3) is 0 Å². The average molecular weight is 435 g/mol. The number of nitrogen functional groups attached to an aromatic ring is 1. The lowest BCUT2D eigenvalue weighted by molar-refractivity contribution is -0.135. The van der Waals surface area contributed by atoms with Crippen molar-refractivity contribution < 1.29 is 9.53 Å². The van der Waals surface area contributed by atoms with Gasteiger partial charge in [0.2, 0.25) is 5.91 Å². The molecule has 1 aliphatic rings. The molecule has 0 radical (unpaired) electrons. The predicted octanol–water partition coefficient (Wildman–Crippen LogP) is 2.40. The van der Waals surface area contributed by atoms with Gasteiger partial charge >= 0.3 is 0 Å². The van der Waals surface area contributed by atoms with Gasteiger partial charge in [-0.3, -0.25) is 9.79 Å². The van der Waals surface area contributed by atoms with Gasteiger partial charge in [-0.1, -0.05) is 30.3 Å². The van der Waals surface area contributed by atoms with E-state index < -0.39 is 0 Å². The number of aliphatic imine (C=N–C) groups is 1. The highest BCUT2D eigenvalue weighted by atomic mass is 16.5. The number of carbonyl (C=O) groups excluding carboxylic acids is 1. The van der Waals surface area contributed by atoms with Crippen molar-refractivity contribution in [3.05, 3.63) is 71.6 Å². The number of amides is 1. The molecule has 168 valence electrons. The van der Waals surface area contributed by atoms with E-state index in [4.69, 9.17) is 16.2 Å². The summed E-state index contributed by atoms with van der Waals surface area (Å²) >= 11 is 0. The van der Waals surface area contributed by atoms with Gasteiger partial charge in [-0.2, -0.15) is 5.10 Å². The summed E-state index contributed by atoms with van der Waals surface area (Å²) in [6.45, 7) is 6.22. The lowest BCUT2D eigenvalue weighted by Crippen LogP contribution is -2.40. The first-order valence-corrected chi connectivity index (χ1v) is 10.5. The second-order valence-corrected chi connectivity index (χ2v) is 7.39. The molecule has 2 aromatic rings. The van der Waals surface area contributed by atoms with Crippen molar-refractivity contribution >= 4 is 29.7 Å². The minimum absolute atomic E-state index is 0.161. The van der Waals surface area contributed by atoms with Gasteiger partial charge in [-0.15, -0.1) is 0 Å². The van der Waals surface area contributed by atoms with E-state index in [1.54, 1.807) is 24.3 Å². The normalized spacial score (nSPS) is 14.8. The standard InChI is InChI=1S/C24H30N6O2/c1-27-24(20-5-3-4-6-21(20)25)22(26)17-30(28-2)19-10-7-18(8-11-19)9-12-23(31)29-13-15-32-16-14-29/h3-8,10-11,17H,2,9,12-16,25-26H2,1H3/b22-17-,27-24+. The lowest BCUT2D eigenvalue weighted by atomic mass is 10.1. The number of nitrogens with two attached hydrogens (primary N) is 2. The zero-order chi connectivity index (χ0) is 22.9. The predicted molar refractivity (Wildman–Crippen MR) is 130 cm³/mol. The molecule has 32 heavy (non-hydrogen) atoms. The number of ether oxygens (including phenoxy) is 1. The number of anilines is 2. The molecule has 0 aliphatic carbocycles. The van der Waals surface area contributed by atoms with E-state index in [0.29, 0.717) is 56.2 Å². The van der Waals surface area contributed by atoms with Crippen LogP contribution in [0.5, 0.6) is 0 Å². The Hall–Kier alpha value is -3.65. The Balaban J connectivity index is 1.67. The average Bonchev–Trinajstić information content (AvgIpc) is 2.83. The van der Waals surface area contributed by atoms with Crippen LogP contribution >= 0.6 is 0 Å². The van der Waals surface area contributed by atoms with Crippen molar-refractivity contribution in [3.8, 4) is 0 Å². The fraction of sp³-hybridized carbons (Fsp3) is 0.292. The third kappa shape index (κ3) is 5.73. The Bertz CT molecular complexity index is 994. The minimum Gasteiger partial charge on any atom is -0.398 e. The molecular weight excluding hydrogens is 404 g/mol. The van der Waals surface area contributed by atoms with E-state index in [2.05, 4.69) is 16.8 Å². The number of hydrogen-bond donors (Lipinski definition) is 2. The molecule has 0 unspecified atom stereocenters. The third-order valence-corrected chi connectivity index (χ3v) is 5.32. The number of hydrazone groups is 1. The van der Waals surface area contributed by atoms with Gasteiger partial charge in [0, 0.05) is 44.5 Å². The van der Waals surface area contributed by atoms with Crippen LogP contribution in [0.15, 0.2) is 70.5 Å². The number of hydrogen-bond acceptors (Lipinski definition) is 7. The van der Waals surface area contributed by atoms with E-state index in [9.17, 15) is 4.79 Å². The second-order valence-electron chi connectivity index (χ2n) is 7.39. The van der Waals surface area contributed by atoms with Crippen LogP contribution in [0, 0.1) is 0 Å². The van der Waals surface area contributed by atoms with Crippen LogP contribution in [0.3, 0.4) is 0 Å². The summed E-state index contributed by atoms with van der Waals surface area (Å²) in [5, 5.41) is 5.65. The van der Waals surface area contributed by atoms with E-state index in [-0.39, 0.29) is 5.91 Å². The number of carbonyl (C=O) groups is 1. The highest BCUT2D eigenvalue weighted by molar-refractivity contribution is 6.15. The highest BCUT2D eigenvalue weighted by Gasteiger charge is 2.16. The smallest absolute Gasteiger partial charge is 0.223 e. The molecule has 1 heterocycles. The first-order valence-electron chi connectivity index (χ1n) is 10.5. The van der Waals surface area contributed by atoms with Crippen LogP contribution in [0.25, 0.3) is 0 Å². The van der Waals surface area contributed by atoms with Crippen molar-refractivity contribution in [2.75, 3.05) is 44.1 Å². The van der Waals surface area contributed by atoms with Crippen LogP contribution in [0.1, 0.15) is 17.5 Å². The number of nitrogens with zero attached hydrogens (tertiary/aromatic N) is 4. The Kier molecular flexibility index (Phi) is 7.99.